The minimum absolute atomic E-state index is 0. The van der Waals surface area contributed by atoms with Crippen molar-refractivity contribution < 1.29 is 29.0 Å². The molecule has 0 spiro atoms. The number of hydrogen-bond donors (Lipinski definition) is 1. The maximum atomic E-state index is 4.14. The summed E-state index contributed by atoms with van der Waals surface area (Å²) < 4.78 is 1.02. The van der Waals surface area contributed by atoms with E-state index in [2.05, 4.69) is 49.4 Å². The Kier molecular flexibility index (Phi) is 8.35. The van der Waals surface area contributed by atoms with E-state index in [0.29, 0.717) is 0 Å². The Morgan fingerprint density at radius 1 is 1.62 bits per heavy atom. The van der Waals surface area contributed by atoms with Crippen LogP contribution in [0.2, 0.25) is 0 Å². The van der Waals surface area contributed by atoms with Gasteiger partial charge >= 0.3 is 0 Å². The Balaban J connectivity index is 0.00000225. The first-order valence-corrected chi connectivity index (χ1v) is 5.41. The number of nitrogens with one attached hydrogen (secondary N) is 2. The van der Waals surface area contributed by atoms with Crippen molar-refractivity contribution in [1.29, 1.82) is 0 Å². The zero-order valence-electron chi connectivity index (χ0n) is 8.74. The van der Waals surface area contributed by atoms with E-state index in [9.17, 15) is 0 Å². The van der Waals surface area contributed by atoms with Crippen LogP contribution in [0, 0.1) is 0 Å². The van der Waals surface area contributed by atoms with Crippen LogP contribution in [-0.4, -0.2) is 17.0 Å². The van der Waals surface area contributed by atoms with E-state index in [-0.39, 0.29) is 24.0 Å². The SMILES string of the molecule is C=C/C(I)=C(\C=C/NC)c1ncnc[nH+]1.[I-]. The van der Waals surface area contributed by atoms with Crippen LogP contribution in [0.1, 0.15) is 5.82 Å². The Morgan fingerprint density at radius 2 is 2.38 bits per heavy atom. The summed E-state index contributed by atoms with van der Waals surface area (Å²) in [5.74, 6) is 0.765. The van der Waals surface area contributed by atoms with Crippen LogP contribution in [-0.2, 0) is 0 Å². The number of nitrogens with zero attached hydrogens (tertiary/aromatic N) is 2. The zero-order chi connectivity index (χ0) is 11.1. The largest absolute Gasteiger partial charge is 1.00 e. The summed E-state index contributed by atoms with van der Waals surface area (Å²) in [7, 11) is 1.85. The maximum absolute atomic E-state index is 4.14. The number of halogens is 2. The lowest BCUT2D eigenvalue weighted by Crippen LogP contribution is -3.00. The predicted octanol–water partition coefficient (Wildman–Crippen LogP) is -1.64. The fraction of sp³-hybridized carbons (Fsp3) is 0.100. The molecule has 2 N–H and O–H groups in total. The van der Waals surface area contributed by atoms with Gasteiger partial charge in [0.2, 0.25) is 6.33 Å². The quantitative estimate of drug-likeness (QED) is 0.450. The predicted molar refractivity (Wildman–Crippen MR) is 67.9 cm³/mol. The third-order valence-corrected chi connectivity index (χ3v) is 2.66. The fourth-order valence-corrected chi connectivity index (χ4v) is 1.39. The van der Waals surface area contributed by atoms with Gasteiger partial charge in [0.15, 0.2) is 0 Å². The Bertz CT molecular complexity index is 387. The molecule has 0 bridgehead atoms. The van der Waals surface area contributed by atoms with Gasteiger partial charge in [-0.25, -0.2) is 4.98 Å². The van der Waals surface area contributed by atoms with E-state index in [0.717, 1.165) is 15.0 Å². The van der Waals surface area contributed by atoms with Crippen LogP contribution < -0.4 is 34.3 Å². The molecule has 0 aromatic carbocycles. The van der Waals surface area contributed by atoms with Crippen molar-refractivity contribution in [3.63, 3.8) is 0 Å². The first-order valence-electron chi connectivity index (χ1n) is 4.33. The molecule has 6 heteroatoms. The van der Waals surface area contributed by atoms with Gasteiger partial charge in [-0.05, 0) is 34.9 Å². The number of aromatic amines is 1. The molecule has 0 amide bonds. The average molecular weight is 442 g/mol. The van der Waals surface area contributed by atoms with Crippen LogP contribution in [0.5, 0.6) is 0 Å². The summed E-state index contributed by atoms with van der Waals surface area (Å²) in [6.45, 7) is 3.74. The van der Waals surface area contributed by atoms with Gasteiger partial charge < -0.3 is 29.3 Å². The molecule has 1 rings (SSSR count). The lowest BCUT2D eigenvalue weighted by atomic mass is 10.2. The zero-order valence-corrected chi connectivity index (χ0v) is 13.1. The number of H-pyrrole nitrogens is 1. The molecule has 0 saturated carbocycles. The van der Waals surface area contributed by atoms with Crippen molar-refractivity contribution in [2.45, 2.75) is 0 Å². The molecule has 0 aliphatic heterocycles. The number of allylic oxidation sites excluding steroid dienone is 4. The molecule has 0 fully saturated rings. The van der Waals surface area contributed by atoms with Gasteiger partial charge in [0, 0.05) is 10.6 Å². The normalized spacial score (nSPS) is 11.6. The molecule has 0 atom stereocenters. The highest BCUT2D eigenvalue weighted by Crippen LogP contribution is 2.20. The Morgan fingerprint density at radius 3 is 2.88 bits per heavy atom. The van der Waals surface area contributed by atoms with Crippen LogP contribution in [0.25, 0.3) is 5.57 Å². The van der Waals surface area contributed by atoms with E-state index in [4.69, 9.17) is 0 Å². The summed E-state index contributed by atoms with van der Waals surface area (Å²) in [5.41, 5.74) is 0.974. The van der Waals surface area contributed by atoms with Crippen LogP contribution in [0.4, 0.5) is 0 Å². The monoisotopic (exact) mass is 442 g/mol. The van der Waals surface area contributed by atoms with Gasteiger partial charge in [-0.1, -0.05) is 22.6 Å². The topological polar surface area (TPSA) is 52.0 Å². The second kappa shape index (κ2) is 8.62. The summed E-state index contributed by atoms with van der Waals surface area (Å²) in [6, 6.07) is 0. The first kappa shape index (κ1) is 15.5. The van der Waals surface area contributed by atoms with Gasteiger partial charge in [0.05, 0.1) is 5.57 Å². The van der Waals surface area contributed by atoms with Gasteiger partial charge in [0.1, 0.15) is 0 Å². The van der Waals surface area contributed by atoms with Crippen LogP contribution in [0.15, 0.2) is 41.2 Å². The van der Waals surface area contributed by atoms with Crippen molar-refractivity contribution in [3.05, 3.63) is 47.0 Å². The van der Waals surface area contributed by atoms with Crippen molar-refractivity contribution in [3.8, 4) is 0 Å². The maximum Gasteiger partial charge on any atom is 0.272 e. The molecule has 16 heavy (non-hydrogen) atoms. The number of rotatable bonds is 4. The van der Waals surface area contributed by atoms with Crippen molar-refractivity contribution in [2.24, 2.45) is 0 Å². The second-order valence-corrected chi connectivity index (χ2v) is 3.77. The molecule has 1 aromatic rings. The molecular formula is C10H12I2N4. The molecule has 1 aromatic heterocycles. The highest BCUT2D eigenvalue weighted by atomic mass is 127. The summed E-state index contributed by atoms with van der Waals surface area (Å²) in [5, 5.41) is 2.94. The molecular weight excluding hydrogens is 430 g/mol. The molecule has 86 valence electrons. The van der Waals surface area contributed by atoms with E-state index in [1.54, 1.807) is 12.4 Å². The second-order valence-electron chi connectivity index (χ2n) is 2.60. The molecule has 0 radical (unpaired) electrons. The summed E-state index contributed by atoms with van der Waals surface area (Å²) in [6.07, 6.45) is 8.66. The van der Waals surface area contributed by atoms with Crippen molar-refractivity contribution >= 4 is 28.2 Å². The average Bonchev–Trinajstić information content (AvgIpc) is 2.30. The van der Waals surface area contributed by atoms with Gasteiger partial charge in [-0.15, -0.1) is 0 Å². The lowest BCUT2D eigenvalue weighted by Gasteiger charge is -1.97. The van der Waals surface area contributed by atoms with Crippen molar-refractivity contribution in [2.75, 3.05) is 7.05 Å². The lowest BCUT2D eigenvalue weighted by molar-refractivity contribution is -0.391. The Hall–Kier alpha value is -0.510. The third-order valence-electron chi connectivity index (χ3n) is 1.64. The van der Waals surface area contributed by atoms with Gasteiger partial charge in [-0.3, -0.25) is 0 Å². The number of hydrogen-bond acceptors (Lipinski definition) is 3. The van der Waals surface area contributed by atoms with Crippen molar-refractivity contribution in [1.82, 2.24) is 15.3 Å². The highest BCUT2D eigenvalue weighted by Gasteiger charge is 2.09. The molecule has 0 unspecified atom stereocenters. The highest BCUT2D eigenvalue weighted by molar-refractivity contribution is 14.1. The molecule has 0 aliphatic carbocycles. The first-order chi connectivity index (χ1) is 7.29. The standard InChI is InChI=1S/C10H11IN4.HI/c1-3-9(11)8(4-5-12-2)10-14-6-13-7-15-10;/h3-7,12H,1H2,2H3;1H/b5-4-,9-8-;. The minimum Gasteiger partial charge on any atom is -1.00 e. The summed E-state index contributed by atoms with van der Waals surface area (Å²) >= 11 is 2.21. The smallest absolute Gasteiger partial charge is 0.272 e. The van der Waals surface area contributed by atoms with Crippen LogP contribution >= 0.6 is 22.6 Å². The molecule has 4 nitrogen and oxygen atoms in total. The number of aromatic nitrogens is 3. The minimum atomic E-state index is 0. The molecule has 0 saturated heterocycles. The van der Waals surface area contributed by atoms with E-state index < -0.39 is 0 Å². The fourth-order valence-electron chi connectivity index (χ4n) is 0.956. The third kappa shape index (κ3) is 4.56. The van der Waals surface area contributed by atoms with Gasteiger partial charge in [-0.2, -0.15) is 0 Å². The van der Waals surface area contributed by atoms with E-state index in [1.165, 1.54) is 6.33 Å². The summed E-state index contributed by atoms with van der Waals surface area (Å²) in [4.78, 5) is 11.0. The molecule has 0 aliphatic rings. The van der Waals surface area contributed by atoms with E-state index >= 15 is 0 Å². The molecule has 1 heterocycles. The van der Waals surface area contributed by atoms with E-state index in [1.807, 2.05) is 19.3 Å². The van der Waals surface area contributed by atoms with Gasteiger partial charge in [0.25, 0.3) is 12.2 Å². The van der Waals surface area contributed by atoms with Crippen LogP contribution in [0.3, 0.4) is 0 Å². The Labute approximate surface area is 126 Å².